The van der Waals surface area contributed by atoms with E-state index in [-0.39, 0.29) is 6.04 Å². The van der Waals surface area contributed by atoms with Crippen molar-refractivity contribution in [3.8, 4) is 5.75 Å². The van der Waals surface area contributed by atoms with Gasteiger partial charge < -0.3 is 10.5 Å². The summed E-state index contributed by atoms with van der Waals surface area (Å²) in [6.45, 7) is 6.89. The fraction of sp³-hybridized carbons (Fsp3) is 0.471. The highest BCUT2D eigenvalue weighted by molar-refractivity contribution is 5.29. The largest absolute Gasteiger partial charge is 0.487 e. The van der Waals surface area contributed by atoms with Gasteiger partial charge in [-0.3, -0.25) is 4.68 Å². The van der Waals surface area contributed by atoms with Gasteiger partial charge in [0.1, 0.15) is 12.4 Å². The molecule has 0 amide bonds. The van der Waals surface area contributed by atoms with Crippen LogP contribution in [0.25, 0.3) is 0 Å². The smallest absolute Gasteiger partial charge is 0.132 e. The van der Waals surface area contributed by atoms with Crippen LogP contribution in [0.2, 0.25) is 0 Å². The highest BCUT2D eigenvalue weighted by Crippen LogP contribution is 2.19. The van der Waals surface area contributed by atoms with Gasteiger partial charge in [0.25, 0.3) is 0 Å². The van der Waals surface area contributed by atoms with E-state index in [1.807, 2.05) is 41.2 Å². The molecule has 0 radical (unpaired) electrons. The van der Waals surface area contributed by atoms with E-state index >= 15 is 0 Å². The number of nitrogens with zero attached hydrogens (tertiary/aromatic N) is 2. The van der Waals surface area contributed by atoms with E-state index in [2.05, 4.69) is 25.9 Å². The van der Waals surface area contributed by atoms with Crippen LogP contribution < -0.4 is 10.5 Å². The molecule has 2 unspecified atom stereocenters. The number of aromatic nitrogens is 2. The van der Waals surface area contributed by atoms with Crippen LogP contribution in [-0.2, 0) is 6.61 Å². The van der Waals surface area contributed by atoms with Crippen molar-refractivity contribution in [3.63, 3.8) is 0 Å². The van der Waals surface area contributed by atoms with Gasteiger partial charge in [-0.2, -0.15) is 5.10 Å². The predicted molar refractivity (Wildman–Crippen MR) is 85.2 cm³/mol. The standard InChI is InChI=1S/C17H25N3O/c1-4-13(3)20-11-10-15(19-20)12-21-16-8-6-14(7-9-16)17(18)5-2/h6-11,13,17H,4-5,12,18H2,1-3H3. The summed E-state index contributed by atoms with van der Waals surface area (Å²) >= 11 is 0. The lowest BCUT2D eigenvalue weighted by Crippen LogP contribution is -2.08. The zero-order chi connectivity index (χ0) is 15.2. The molecule has 1 heterocycles. The molecule has 2 rings (SSSR count). The molecule has 2 atom stereocenters. The number of nitrogens with two attached hydrogens (primary N) is 1. The Bertz CT molecular complexity index is 547. The van der Waals surface area contributed by atoms with Gasteiger partial charge in [0.2, 0.25) is 0 Å². The van der Waals surface area contributed by atoms with Gasteiger partial charge >= 0.3 is 0 Å². The van der Waals surface area contributed by atoms with Crippen molar-refractivity contribution in [3.05, 3.63) is 47.8 Å². The molecule has 0 fully saturated rings. The molecular formula is C17H25N3O. The summed E-state index contributed by atoms with van der Waals surface area (Å²) in [5.41, 5.74) is 8.09. The monoisotopic (exact) mass is 287 g/mol. The molecule has 2 N–H and O–H groups in total. The highest BCUT2D eigenvalue weighted by atomic mass is 16.5. The SMILES string of the molecule is CCC(N)c1ccc(OCc2ccn(C(C)CC)n2)cc1. The zero-order valence-corrected chi connectivity index (χ0v) is 13.1. The first-order valence-electron chi connectivity index (χ1n) is 7.66. The first-order valence-corrected chi connectivity index (χ1v) is 7.66. The van der Waals surface area contributed by atoms with Crippen LogP contribution in [0.1, 0.15) is 57.0 Å². The Balaban J connectivity index is 1.92. The van der Waals surface area contributed by atoms with E-state index in [0.29, 0.717) is 12.6 Å². The molecule has 0 saturated heterocycles. The van der Waals surface area contributed by atoms with Crippen LogP contribution >= 0.6 is 0 Å². The second-order valence-corrected chi connectivity index (χ2v) is 5.42. The minimum absolute atomic E-state index is 0.102. The Kier molecular flexibility index (Phi) is 5.39. The number of ether oxygens (including phenoxy) is 1. The third-order valence-electron chi connectivity index (χ3n) is 3.84. The summed E-state index contributed by atoms with van der Waals surface area (Å²) in [5.74, 6) is 0.847. The van der Waals surface area contributed by atoms with Gasteiger partial charge in [-0.15, -0.1) is 0 Å². The van der Waals surface area contributed by atoms with E-state index < -0.39 is 0 Å². The Labute approximate surface area is 126 Å². The maximum Gasteiger partial charge on any atom is 0.132 e. The molecule has 1 aromatic heterocycles. The minimum atomic E-state index is 0.102. The molecule has 0 aliphatic rings. The van der Waals surface area contributed by atoms with Crippen molar-refractivity contribution in [1.29, 1.82) is 0 Å². The van der Waals surface area contributed by atoms with Crippen LogP contribution in [0.15, 0.2) is 36.5 Å². The first-order chi connectivity index (χ1) is 10.1. The van der Waals surface area contributed by atoms with Crippen molar-refractivity contribution in [2.75, 3.05) is 0 Å². The third-order valence-corrected chi connectivity index (χ3v) is 3.84. The fourth-order valence-electron chi connectivity index (χ4n) is 2.09. The van der Waals surface area contributed by atoms with Crippen molar-refractivity contribution in [2.24, 2.45) is 5.73 Å². The van der Waals surface area contributed by atoms with Gasteiger partial charge in [0.05, 0.1) is 5.69 Å². The van der Waals surface area contributed by atoms with E-state index in [4.69, 9.17) is 10.5 Å². The van der Waals surface area contributed by atoms with Crippen molar-refractivity contribution >= 4 is 0 Å². The summed E-state index contributed by atoms with van der Waals surface area (Å²) in [6.07, 6.45) is 4.02. The average molecular weight is 287 g/mol. The molecule has 0 saturated carbocycles. The second kappa shape index (κ2) is 7.27. The summed E-state index contributed by atoms with van der Waals surface area (Å²) in [5, 5.41) is 4.53. The Morgan fingerprint density at radius 1 is 1.14 bits per heavy atom. The Morgan fingerprint density at radius 2 is 1.86 bits per heavy atom. The van der Waals surface area contributed by atoms with E-state index in [0.717, 1.165) is 29.8 Å². The maximum absolute atomic E-state index is 6.00. The third kappa shape index (κ3) is 4.08. The van der Waals surface area contributed by atoms with Gasteiger partial charge in [-0.1, -0.05) is 26.0 Å². The summed E-state index contributed by atoms with van der Waals surface area (Å²) in [4.78, 5) is 0. The molecule has 4 heteroatoms. The van der Waals surface area contributed by atoms with E-state index in [1.165, 1.54) is 0 Å². The number of benzene rings is 1. The lowest BCUT2D eigenvalue weighted by molar-refractivity contribution is 0.298. The molecule has 21 heavy (non-hydrogen) atoms. The molecule has 0 bridgehead atoms. The fourth-order valence-corrected chi connectivity index (χ4v) is 2.09. The molecule has 4 nitrogen and oxygen atoms in total. The number of rotatable bonds is 7. The van der Waals surface area contributed by atoms with Crippen LogP contribution in [0.3, 0.4) is 0 Å². The van der Waals surface area contributed by atoms with Crippen LogP contribution in [0, 0.1) is 0 Å². The molecule has 0 spiro atoms. The van der Waals surface area contributed by atoms with Crippen LogP contribution in [0.4, 0.5) is 0 Å². The Hall–Kier alpha value is -1.81. The molecule has 0 aliphatic heterocycles. The Morgan fingerprint density at radius 3 is 2.48 bits per heavy atom. The topological polar surface area (TPSA) is 53.1 Å². The highest BCUT2D eigenvalue weighted by Gasteiger charge is 2.06. The lowest BCUT2D eigenvalue weighted by atomic mass is 10.1. The van der Waals surface area contributed by atoms with Gasteiger partial charge in [-0.25, -0.2) is 0 Å². The number of hydrogen-bond acceptors (Lipinski definition) is 3. The lowest BCUT2D eigenvalue weighted by Gasteiger charge is -2.10. The average Bonchev–Trinajstić information content (AvgIpc) is 3.01. The van der Waals surface area contributed by atoms with E-state index in [9.17, 15) is 0 Å². The van der Waals surface area contributed by atoms with Crippen molar-refractivity contribution in [2.45, 2.75) is 52.3 Å². The summed E-state index contributed by atoms with van der Waals surface area (Å²) in [6, 6.07) is 10.5. The van der Waals surface area contributed by atoms with Crippen molar-refractivity contribution in [1.82, 2.24) is 9.78 Å². The zero-order valence-electron chi connectivity index (χ0n) is 13.1. The molecule has 0 aliphatic carbocycles. The quantitative estimate of drug-likeness (QED) is 0.841. The molecule has 1 aromatic carbocycles. The van der Waals surface area contributed by atoms with Crippen molar-refractivity contribution < 1.29 is 4.74 Å². The van der Waals surface area contributed by atoms with Gasteiger partial charge in [0.15, 0.2) is 0 Å². The predicted octanol–water partition coefficient (Wildman–Crippen LogP) is 3.84. The summed E-state index contributed by atoms with van der Waals surface area (Å²) in [7, 11) is 0. The second-order valence-electron chi connectivity index (χ2n) is 5.42. The van der Waals surface area contributed by atoms with E-state index in [1.54, 1.807) is 0 Å². The first kappa shape index (κ1) is 15.6. The molecule has 114 valence electrons. The molecule has 2 aromatic rings. The normalized spacial score (nSPS) is 13.9. The van der Waals surface area contributed by atoms with Crippen LogP contribution in [0.5, 0.6) is 5.75 Å². The van der Waals surface area contributed by atoms with Gasteiger partial charge in [0, 0.05) is 18.3 Å². The summed E-state index contributed by atoms with van der Waals surface area (Å²) < 4.78 is 7.76. The molecular weight excluding hydrogens is 262 g/mol. The maximum atomic E-state index is 6.00. The van der Waals surface area contributed by atoms with Crippen LogP contribution in [-0.4, -0.2) is 9.78 Å². The number of hydrogen-bond donors (Lipinski definition) is 1. The minimum Gasteiger partial charge on any atom is -0.487 e. The van der Waals surface area contributed by atoms with Gasteiger partial charge in [-0.05, 0) is 43.5 Å².